The summed E-state index contributed by atoms with van der Waals surface area (Å²) >= 11 is 0. The van der Waals surface area contributed by atoms with Gasteiger partial charge >= 0.3 is 0 Å². The molecule has 0 aromatic carbocycles. The highest BCUT2D eigenvalue weighted by Crippen LogP contribution is 2.52. The van der Waals surface area contributed by atoms with Gasteiger partial charge in [0.25, 0.3) is 0 Å². The van der Waals surface area contributed by atoms with Crippen LogP contribution in [0.3, 0.4) is 0 Å². The fraction of sp³-hybridized carbons (Fsp3) is 1.00. The summed E-state index contributed by atoms with van der Waals surface area (Å²) in [6.07, 6.45) is 4.60. The summed E-state index contributed by atoms with van der Waals surface area (Å²) < 4.78 is 0. The van der Waals surface area contributed by atoms with E-state index in [1.54, 1.807) is 12.8 Å². The Morgan fingerprint density at radius 1 is 1.11 bits per heavy atom. The van der Waals surface area contributed by atoms with Crippen LogP contribution in [0, 0.1) is 17.8 Å². The lowest BCUT2D eigenvalue weighted by atomic mass is 9.72. The second-order valence-electron chi connectivity index (χ2n) is 3.92. The predicted octanol–water partition coefficient (Wildman–Crippen LogP) is 1.00. The van der Waals surface area contributed by atoms with Crippen LogP contribution < -0.4 is 5.32 Å². The topological polar surface area (TPSA) is 12.0 Å². The van der Waals surface area contributed by atoms with Crippen molar-refractivity contribution in [2.45, 2.75) is 25.3 Å². The number of rotatable bonds is 0. The van der Waals surface area contributed by atoms with E-state index in [4.69, 9.17) is 0 Å². The highest BCUT2D eigenvalue weighted by atomic mass is 15.0. The molecule has 3 rings (SSSR count). The van der Waals surface area contributed by atoms with Crippen LogP contribution in [0.25, 0.3) is 0 Å². The van der Waals surface area contributed by atoms with Crippen LogP contribution in [0.4, 0.5) is 0 Å². The maximum atomic E-state index is 3.51. The van der Waals surface area contributed by atoms with Crippen LogP contribution in [-0.2, 0) is 0 Å². The average Bonchev–Trinajstić information content (AvgIpc) is 1.88. The van der Waals surface area contributed by atoms with E-state index >= 15 is 0 Å². The monoisotopic (exact) mass is 123 g/mol. The van der Waals surface area contributed by atoms with E-state index in [0.717, 1.165) is 23.8 Å². The van der Waals surface area contributed by atoms with Crippen molar-refractivity contribution in [1.29, 1.82) is 0 Å². The normalized spacial score (nSPS) is 61.3. The van der Waals surface area contributed by atoms with E-state index in [2.05, 4.69) is 5.32 Å². The smallest absolute Gasteiger partial charge is 0.0113 e. The Kier molecular flexibility index (Phi) is 0.704. The molecule has 0 spiro atoms. The standard InChI is InChI=1S/C8H13N/c1-2-6-5(1)3-8-7(6)4-9-8/h5-9H,1-4H2. The third-order valence-corrected chi connectivity index (χ3v) is 3.72. The van der Waals surface area contributed by atoms with Crippen molar-refractivity contribution in [3.63, 3.8) is 0 Å². The molecule has 1 N–H and O–H groups in total. The molecule has 1 heterocycles. The molecule has 0 aromatic rings. The van der Waals surface area contributed by atoms with Gasteiger partial charge in [-0.2, -0.15) is 0 Å². The molecular formula is C8H13N. The van der Waals surface area contributed by atoms with E-state index in [0.29, 0.717) is 0 Å². The van der Waals surface area contributed by atoms with Crippen LogP contribution in [-0.4, -0.2) is 12.6 Å². The maximum Gasteiger partial charge on any atom is 0.0113 e. The molecule has 3 aliphatic rings. The molecule has 2 saturated carbocycles. The number of hydrogen-bond acceptors (Lipinski definition) is 1. The molecule has 50 valence electrons. The molecule has 4 unspecified atom stereocenters. The molecular weight excluding hydrogens is 110 g/mol. The molecule has 3 fully saturated rings. The Balaban J connectivity index is 1.87. The van der Waals surface area contributed by atoms with Gasteiger partial charge < -0.3 is 5.32 Å². The summed E-state index contributed by atoms with van der Waals surface area (Å²) in [5.41, 5.74) is 0. The summed E-state index contributed by atoms with van der Waals surface area (Å²) in [4.78, 5) is 0. The molecule has 1 nitrogen and oxygen atoms in total. The van der Waals surface area contributed by atoms with E-state index in [1.165, 1.54) is 13.0 Å². The molecule has 0 radical (unpaired) electrons. The lowest BCUT2D eigenvalue weighted by Crippen LogP contribution is -2.51. The van der Waals surface area contributed by atoms with Crippen molar-refractivity contribution in [1.82, 2.24) is 5.32 Å². The first-order valence-electron chi connectivity index (χ1n) is 4.18. The first-order valence-corrected chi connectivity index (χ1v) is 4.18. The number of fused-ring (bicyclic) bond motifs is 3. The molecule has 0 aromatic heterocycles. The van der Waals surface area contributed by atoms with Gasteiger partial charge in [0.15, 0.2) is 0 Å². The second-order valence-corrected chi connectivity index (χ2v) is 3.92. The Labute approximate surface area is 55.8 Å². The van der Waals surface area contributed by atoms with Gasteiger partial charge in [-0.05, 0) is 43.6 Å². The lowest BCUT2D eigenvalue weighted by molar-refractivity contribution is 0.138. The summed E-state index contributed by atoms with van der Waals surface area (Å²) in [6, 6.07) is 0.961. The third-order valence-electron chi connectivity index (χ3n) is 3.72. The first kappa shape index (κ1) is 4.73. The minimum Gasteiger partial charge on any atom is -0.313 e. The number of nitrogens with one attached hydrogen (secondary N) is 1. The molecule has 9 heavy (non-hydrogen) atoms. The molecule has 0 amide bonds. The molecule has 0 bridgehead atoms. The summed E-state index contributed by atoms with van der Waals surface area (Å²) in [5, 5.41) is 3.51. The van der Waals surface area contributed by atoms with Gasteiger partial charge in [0, 0.05) is 6.04 Å². The third kappa shape index (κ3) is 0.420. The van der Waals surface area contributed by atoms with Gasteiger partial charge in [0.05, 0.1) is 0 Å². The fourth-order valence-electron chi connectivity index (χ4n) is 2.91. The number of hydrogen-bond donors (Lipinski definition) is 1. The predicted molar refractivity (Wildman–Crippen MR) is 36.1 cm³/mol. The van der Waals surface area contributed by atoms with Crippen LogP contribution in [0.15, 0.2) is 0 Å². The lowest BCUT2D eigenvalue weighted by Gasteiger charge is -2.39. The quantitative estimate of drug-likeness (QED) is 0.507. The molecule has 1 aliphatic heterocycles. The average molecular weight is 123 g/mol. The minimum atomic E-state index is 0.961. The van der Waals surface area contributed by atoms with Gasteiger partial charge in [0.2, 0.25) is 0 Å². The van der Waals surface area contributed by atoms with E-state index in [-0.39, 0.29) is 0 Å². The SMILES string of the molecule is C1CC2C1CC1NCC12. The van der Waals surface area contributed by atoms with Crippen LogP contribution in [0.1, 0.15) is 19.3 Å². The zero-order valence-electron chi connectivity index (χ0n) is 5.64. The van der Waals surface area contributed by atoms with E-state index in [1.807, 2.05) is 0 Å². The minimum absolute atomic E-state index is 0.961. The first-order chi connectivity index (χ1) is 4.45. The second kappa shape index (κ2) is 1.34. The van der Waals surface area contributed by atoms with Crippen molar-refractivity contribution in [3.8, 4) is 0 Å². The van der Waals surface area contributed by atoms with E-state index < -0.39 is 0 Å². The Hall–Kier alpha value is -0.0400. The zero-order valence-corrected chi connectivity index (χ0v) is 5.64. The Morgan fingerprint density at radius 2 is 2.11 bits per heavy atom. The Bertz CT molecular complexity index is 128. The van der Waals surface area contributed by atoms with Crippen LogP contribution in [0.2, 0.25) is 0 Å². The van der Waals surface area contributed by atoms with E-state index in [9.17, 15) is 0 Å². The van der Waals surface area contributed by atoms with Crippen molar-refractivity contribution in [3.05, 3.63) is 0 Å². The largest absolute Gasteiger partial charge is 0.313 e. The van der Waals surface area contributed by atoms with Gasteiger partial charge in [-0.15, -0.1) is 0 Å². The maximum absolute atomic E-state index is 3.51. The van der Waals surface area contributed by atoms with Gasteiger partial charge in [-0.3, -0.25) is 0 Å². The molecule has 4 atom stereocenters. The van der Waals surface area contributed by atoms with Gasteiger partial charge in [-0.25, -0.2) is 0 Å². The Morgan fingerprint density at radius 3 is 2.44 bits per heavy atom. The molecule has 2 aliphatic carbocycles. The van der Waals surface area contributed by atoms with Crippen molar-refractivity contribution in [2.24, 2.45) is 17.8 Å². The van der Waals surface area contributed by atoms with Crippen molar-refractivity contribution >= 4 is 0 Å². The van der Waals surface area contributed by atoms with Gasteiger partial charge in [0.1, 0.15) is 0 Å². The summed E-state index contributed by atoms with van der Waals surface area (Å²) in [5.74, 6) is 3.43. The highest BCUT2D eigenvalue weighted by Gasteiger charge is 2.51. The summed E-state index contributed by atoms with van der Waals surface area (Å²) in [7, 11) is 0. The van der Waals surface area contributed by atoms with Crippen molar-refractivity contribution < 1.29 is 0 Å². The van der Waals surface area contributed by atoms with Crippen molar-refractivity contribution in [2.75, 3.05) is 6.54 Å². The van der Waals surface area contributed by atoms with Crippen LogP contribution >= 0.6 is 0 Å². The fourth-order valence-corrected chi connectivity index (χ4v) is 2.91. The van der Waals surface area contributed by atoms with Crippen LogP contribution in [0.5, 0.6) is 0 Å². The molecule has 1 saturated heterocycles. The van der Waals surface area contributed by atoms with Gasteiger partial charge in [-0.1, -0.05) is 0 Å². The zero-order chi connectivity index (χ0) is 5.84. The molecule has 1 heteroatoms. The summed E-state index contributed by atoms with van der Waals surface area (Å²) in [6.45, 7) is 1.34. The highest BCUT2D eigenvalue weighted by molar-refractivity contribution is 5.05.